The third-order valence-corrected chi connectivity index (χ3v) is 6.44. The van der Waals surface area contributed by atoms with Crippen molar-refractivity contribution in [3.8, 4) is 0 Å². The SMILES string of the molecule is CCC(CC)(CC)C(C)C.CCCCOC.CCCCOC.CCCCOC.c1cn[nH]n1.c1cn[nH]n1.c1cn[nH]n1. The Labute approximate surface area is 263 Å². The second-order valence-electron chi connectivity index (χ2n) is 9.59. The predicted molar refractivity (Wildman–Crippen MR) is 178 cm³/mol. The highest BCUT2D eigenvalue weighted by Crippen LogP contribution is 2.37. The lowest BCUT2D eigenvalue weighted by Crippen LogP contribution is -2.24. The number of nitrogens with zero attached hydrogens (tertiary/aromatic N) is 6. The van der Waals surface area contributed by atoms with Gasteiger partial charge in [-0.2, -0.15) is 46.2 Å². The largest absolute Gasteiger partial charge is 0.385 e. The molecule has 0 aliphatic rings. The van der Waals surface area contributed by atoms with Crippen molar-refractivity contribution in [3.63, 3.8) is 0 Å². The summed E-state index contributed by atoms with van der Waals surface area (Å²) in [6.45, 7) is 20.8. The van der Waals surface area contributed by atoms with Gasteiger partial charge >= 0.3 is 0 Å². The Kier molecular flexibility index (Phi) is 48.1. The lowest BCUT2D eigenvalue weighted by Gasteiger charge is -2.34. The third kappa shape index (κ3) is 41.5. The highest BCUT2D eigenvalue weighted by Gasteiger charge is 2.27. The van der Waals surface area contributed by atoms with E-state index in [1.54, 1.807) is 58.5 Å². The molecular weight excluding hydrogens is 546 g/mol. The van der Waals surface area contributed by atoms with Crippen LogP contribution < -0.4 is 0 Å². The number of rotatable bonds is 13. The van der Waals surface area contributed by atoms with Crippen LogP contribution in [0.5, 0.6) is 0 Å². The molecule has 0 saturated heterocycles. The van der Waals surface area contributed by atoms with Crippen molar-refractivity contribution in [3.05, 3.63) is 37.2 Å². The number of aromatic amines is 3. The molecule has 0 amide bonds. The van der Waals surface area contributed by atoms with Crippen LogP contribution in [-0.2, 0) is 14.2 Å². The fraction of sp³-hybridized carbons (Fsp3) is 0.806. The molecule has 0 aliphatic heterocycles. The molecule has 0 saturated carbocycles. The van der Waals surface area contributed by atoms with Crippen LogP contribution in [0.25, 0.3) is 0 Å². The number of unbranched alkanes of at least 4 members (excludes halogenated alkanes) is 3. The molecule has 3 heterocycles. The van der Waals surface area contributed by atoms with Crippen LogP contribution in [0.2, 0.25) is 0 Å². The van der Waals surface area contributed by atoms with Crippen LogP contribution in [0.4, 0.5) is 0 Å². The van der Waals surface area contributed by atoms with Crippen LogP contribution in [0.15, 0.2) is 37.2 Å². The first-order valence-electron chi connectivity index (χ1n) is 15.7. The molecule has 0 aromatic carbocycles. The minimum absolute atomic E-state index is 0.625. The zero-order chi connectivity index (χ0) is 33.3. The molecule has 0 atom stereocenters. The van der Waals surface area contributed by atoms with E-state index in [-0.39, 0.29) is 0 Å². The maximum absolute atomic E-state index is 4.78. The monoisotopic (exact) mass is 614 g/mol. The average Bonchev–Trinajstić information content (AvgIpc) is 3.87. The van der Waals surface area contributed by atoms with Gasteiger partial charge in [-0.05, 0) is 30.6 Å². The molecule has 0 radical (unpaired) electrons. The number of aromatic nitrogens is 9. The molecule has 0 unspecified atom stereocenters. The lowest BCUT2D eigenvalue weighted by molar-refractivity contribution is 0.162. The van der Waals surface area contributed by atoms with E-state index in [4.69, 9.17) is 14.2 Å². The number of nitrogens with one attached hydrogen (secondary N) is 3. The summed E-state index contributed by atoms with van der Waals surface area (Å²) in [5, 5.41) is 28.0. The van der Waals surface area contributed by atoms with Gasteiger partial charge in [-0.15, -0.1) is 0 Å². The summed E-state index contributed by atoms with van der Waals surface area (Å²) < 4.78 is 14.3. The van der Waals surface area contributed by atoms with Gasteiger partial charge < -0.3 is 14.2 Å². The minimum Gasteiger partial charge on any atom is -0.385 e. The molecule has 3 rings (SSSR count). The number of methoxy groups -OCH3 is 3. The van der Waals surface area contributed by atoms with Gasteiger partial charge in [-0.1, -0.05) is 93.9 Å². The van der Waals surface area contributed by atoms with E-state index in [1.807, 2.05) is 0 Å². The molecule has 0 aliphatic carbocycles. The Hall–Kier alpha value is -2.70. The van der Waals surface area contributed by atoms with E-state index in [9.17, 15) is 0 Å². The number of hydrogen-bond donors (Lipinski definition) is 3. The van der Waals surface area contributed by atoms with E-state index in [0.29, 0.717) is 5.41 Å². The fourth-order valence-electron chi connectivity index (χ4n) is 3.34. The molecule has 3 N–H and O–H groups in total. The molecule has 3 aromatic heterocycles. The molecule has 43 heavy (non-hydrogen) atoms. The Bertz CT molecular complexity index is 573. The number of H-pyrrole nitrogens is 3. The number of hydrogen-bond acceptors (Lipinski definition) is 9. The third-order valence-electron chi connectivity index (χ3n) is 6.44. The Balaban J connectivity index is -0.000000209. The van der Waals surface area contributed by atoms with Crippen molar-refractivity contribution in [1.29, 1.82) is 0 Å². The van der Waals surface area contributed by atoms with Crippen molar-refractivity contribution in [1.82, 2.24) is 46.2 Å². The van der Waals surface area contributed by atoms with Crippen LogP contribution in [0, 0.1) is 11.3 Å². The van der Waals surface area contributed by atoms with Crippen molar-refractivity contribution in [2.75, 3.05) is 41.2 Å². The van der Waals surface area contributed by atoms with E-state index in [1.165, 1.54) is 57.8 Å². The van der Waals surface area contributed by atoms with Crippen LogP contribution in [0.1, 0.15) is 113 Å². The molecule has 254 valence electrons. The summed E-state index contributed by atoms with van der Waals surface area (Å²) in [5.41, 5.74) is 0.625. The first-order chi connectivity index (χ1) is 20.9. The summed E-state index contributed by atoms with van der Waals surface area (Å²) in [4.78, 5) is 0. The number of ether oxygens (including phenoxy) is 3. The molecule has 12 heteroatoms. The first kappa shape index (κ1) is 47.2. The maximum atomic E-state index is 4.78. The fourth-order valence-corrected chi connectivity index (χ4v) is 3.34. The van der Waals surface area contributed by atoms with E-state index in [0.717, 1.165) is 25.7 Å². The van der Waals surface area contributed by atoms with Gasteiger partial charge in [0, 0.05) is 41.2 Å². The first-order valence-corrected chi connectivity index (χ1v) is 15.7. The van der Waals surface area contributed by atoms with Gasteiger partial charge in [0.15, 0.2) is 0 Å². The Morgan fingerprint density at radius 1 is 0.488 bits per heavy atom. The molecule has 0 bridgehead atoms. The maximum Gasteiger partial charge on any atom is 0.0690 e. The molecule has 0 spiro atoms. The molecular formula is C31H67N9O3. The van der Waals surface area contributed by atoms with Gasteiger partial charge in [-0.25, -0.2) is 0 Å². The van der Waals surface area contributed by atoms with E-state index in [2.05, 4.69) is 102 Å². The zero-order valence-electron chi connectivity index (χ0n) is 29.4. The van der Waals surface area contributed by atoms with Crippen molar-refractivity contribution in [2.24, 2.45) is 11.3 Å². The smallest absolute Gasteiger partial charge is 0.0690 e. The van der Waals surface area contributed by atoms with Gasteiger partial charge in [0.2, 0.25) is 0 Å². The summed E-state index contributed by atoms with van der Waals surface area (Å²) in [7, 11) is 5.20. The predicted octanol–water partition coefficient (Wildman–Crippen LogP) is 7.57. The van der Waals surface area contributed by atoms with Crippen LogP contribution >= 0.6 is 0 Å². The highest BCUT2D eigenvalue weighted by atomic mass is 16.5. The summed E-state index contributed by atoms with van der Waals surface area (Å²) in [6.07, 6.45) is 20.8. The van der Waals surface area contributed by atoms with Gasteiger partial charge in [-0.3, -0.25) is 0 Å². The van der Waals surface area contributed by atoms with Crippen molar-refractivity contribution < 1.29 is 14.2 Å². The average molecular weight is 614 g/mol. The zero-order valence-corrected chi connectivity index (χ0v) is 29.4. The highest BCUT2D eigenvalue weighted by molar-refractivity contribution is 4.77. The van der Waals surface area contributed by atoms with Gasteiger partial charge in [0.05, 0.1) is 37.2 Å². The summed E-state index contributed by atoms with van der Waals surface area (Å²) >= 11 is 0. The molecule has 3 aromatic rings. The van der Waals surface area contributed by atoms with Gasteiger partial charge in [0.1, 0.15) is 0 Å². The van der Waals surface area contributed by atoms with Crippen molar-refractivity contribution in [2.45, 2.75) is 113 Å². The second-order valence-corrected chi connectivity index (χ2v) is 9.59. The van der Waals surface area contributed by atoms with E-state index < -0.39 is 0 Å². The Morgan fingerprint density at radius 2 is 0.721 bits per heavy atom. The Morgan fingerprint density at radius 3 is 0.767 bits per heavy atom. The summed E-state index contributed by atoms with van der Waals surface area (Å²) in [6, 6.07) is 0. The standard InChI is InChI=1S/C10H22.3C5H12O.3C2H3N3/c1-6-10(7-2,8-3)9(4)5;3*1-3-4-5-6-2;3*1-2-4-5-3-1/h9H,6-8H2,1-5H3;3*3-5H2,1-2H3;3*1-2H,(H,3,4,5). The quantitative estimate of drug-likeness (QED) is 0.166. The molecule has 0 fully saturated rings. The minimum atomic E-state index is 0.625. The second kappa shape index (κ2) is 43.7. The normalized spacial score (nSPS) is 9.49. The molecule has 12 nitrogen and oxygen atoms in total. The summed E-state index contributed by atoms with van der Waals surface area (Å²) in [5.74, 6) is 0.840. The lowest BCUT2D eigenvalue weighted by atomic mass is 9.71. The van der Waals surface area contributed by atoms with Crippen molar-refractivity contribution >= 4 is 0 Å². The van der Waals surface area contributed by atoms with Crippen LogP contribution in [0.3, 0.4) is 0 Å². The van der Waals surface area contributed by atoms with E-state index >= 15 is 0 Å². The van der Waals surface area contributed by atoms with Gasteiger partial charge in [0.25, 0.3) is 0 Å². The van der Waals surface area contributed by atoms with Crippen LogP contribution in [-0.4, -0.2) is 87.4 Å². The topological polar surface area (TPSA) is 152 Å².